The molecule has 0 unspecified atom stereocenters. The number of aromatic amines is 1. The van der Waals surface area contributed by atoms with Gasteiger partial charge in [-0.05, 0) is 38.4 Å². The van der Waals surface area contributed by atoms with Crippen LogP contribution in [0, 0.1) is 0 Å². The molecule has 0 aliphatic rings. The molecule has 0 aliphatic heterocycles. The lowest BCUT2D eigenvalue weighted by atomic mass is 10.2. The van der Waals surface area contributed by atoms with E-state index in [-0.39, 0.29) is 0 Å². The van der Waals surface area contributed by atoms with Crippen molar-refractivity contribution in [3.8, 4) is 22.9 Å². The molecule has 2 heterocycles. The molecule has 6 heteroatoms. The van der Waals surface area contributed by atoms with Crippen LogP contribution >= 0.6 is 0 Å². The Morgan fingerprint density at radius 2 is 2.09 bits per heavy atom. The highest BCUT2D eigenvalue weighted by Crippen LogP contribution is 2.32. The van der Waals surface area contributed by atoms with Crippen molar-refractivity contribution in [1.29, 1.82) is 0 Å². The molecule has 3 rings (SSSR count). The second kappa shape index (κ2) is 6.66. The smallest absolute Gasteiger partial charge is 0.178 e. The minimum absolute atomic E-state index is 0.589. The molecule has 0 bridgehead atoms. The van der Waals surface area contributed by atoms with E-state index in [4.69, 9.17) is 9.47 Å². The Kier molecular flexibility index (Phi) is 4.43. The minimum atomic E-state index is 0.589. The first kappa shape index (κ1) is 15.3. The predicted molar refractivity (Wildman–Crippen MR) is 89.9 cm³/mol. The summed E-state index contributed by atoms with van der Waals surface area (Å²) in [5.74, 6) is 2.23. The van der Waals surface area contributed by atoms with E-state index in [9.17, 15) is 0 Å². The van der Waals surface area contributed by atoms with Crippen LogP contribution < -0.4 is 9.47 Å². The number of rotatable bonds is 6. The van der Waals surface area contributed by atoms with Gasteiger partial charge in [-0.25, -0.2) is 9.97 Å². The van der Waals surface area contributed by atoms with Crippen molar-refractivity contribution in [1.82, 2.24) is 19.9 Å². The van der Waals surface area contributed by atoms with Crippen LogP contribution in [0.15, 0.2) is 36.5 Å². The molecule has 0 spiro atoms. The summed E-state index contributed by atoms with van der Waals surface area (Å²) in [4.78, 5) is 14.2. The molecule has 0 fully saturated rings. The number of nitrogens with one attached hydrogen (secondary N) is 1. The number of benzene rings is 1. The van der Waals surface area contributed by atoms with E-state index >= 15 is 0 Å². The fourth-order valence-corrected chi connectivity index (χ4v) is 2.26. The molecular formula is C17H20N4O2. The van der Waals surface area contributed by atoms with Gasteiger partial charge in [0.2, 0.25) is 0 Å². The monoisotopic (exact) mass is 312 g/mol. The molecule has 23 heavy (non-hydrogen) atoms. The topological polar surface area (TPSA) is 63.3 Å². The zero-order valence-electron chi connectivity index (χ0n) is 13.5. The zero-order chi connectivity index (χ0) is 16.2. The quantitative estimate of drug-likeness (QED) is 0.758. The second-order valence-corrected chi connectivity index (χ2v) is 5.47. The molecule has 0 radical (unpaired) electrons. The molecular weight excluding hydrogens is 292 g/mol. The summed E-state index contributed by atoms with van der Waals surface area (Å²) in [5, 5.41) is 0. The van der Waals surface area contributed by atoms with Crippen molar-refractivity contribution >= 4 is 11.2 Å². The highest BCUT2D eigenvalue weighted by molar-refractivity contribution is 5.77. The van der Waals surface area contributed by atoms with Crippen LogP contribution in [-0.2, 0) is 0 Å². The van der Waals surface area contributed by atoms with Crippen molar-refractivity contribution < 1.29 is 9.47 Å². The lowest BCUT2D eigenvalue weighted by Gasteiger charge is -2.14. The van der Waals surface area contributed by atoms with E-state index in [0.717, 1.165) is 34.9 Å². The molecule has 0 aliphatic carbocycles. The Morgan fingerprint density at radius 3 is 2.83 bits per heavy atom. The zero-order valence-corrected chi connectivity index (χ0v) is 13.5. The van der Waals surface area contributed by atoms with Crippen molar-refractivity contribution in [3.05, 3.63) is 36.5 Å². The van der Waals surface area contributed by atoms with Gasteiger partial charge < -0.3 is 19.4 Å². The highest BCUT2D eigenvalue weighted by atomic mass is 16.5. The normalized spacial score (nSPS) is 11.1. The summed E-state index contributed by atoms with van der Waals surface area (Å²) < 4.78 is 11.2. The summed E-state index contributed by atoms with van der Waals surface area (Å²) in [6, 6.07) is 9.56. The maximum Gasteiger partial charge on any atom is 0.178 e. The molecule has 2 aromatic heterocycles. The molecule has 0 atom stereocenters. The van der Waals surface area contributed by atoms with E-state index in [1.54, 1.807) is 13.3 Å². The number of methoxy groups -OCH3 is 1. The van der Waals surface area contributed by atoms with Gasteiger partial charge in [-0.1, -0.05) is 0 Å². The number of imidazole rings is 1. The molecule has 1 aromatic carbocycles. The molecule has 0 amide bonds. The lowest BCUT2D eigenvalue weighted by Crippen LogP contribution is -2.19. The summed E-state index contributed by atoms with van der Waals surface area (Å²) in [7, 11) is 5.67. The number of H-pyrrole nitrogens is 1. The number of fused-ring (bicyclic) bond motifs is 1. The van der Waals surface area contributed by atoms with E-state index in [1.807, 2.05) is 44.4 Å². The van der Waals surface area contributed by atoms with Crippen LogP contribution in [-0.4, -0.2) is 54.2 Å². The number of aromatic nitrogens is 3. The van der Waals surface area contributed by atoms with Crippen molar-refractivity contribution in [2.24, 2.45) is 0 Å². The number of pyridine rings is 1. The fraction of sp³-hybridized carbons (Fsp3) is 0.294. The van der Waals surface area contributed by atoms with Gasteiger partial charge in [0, 0.05) is 18.8 Å². The van der Waals surface area contributed by atoms with Gasteiger partial charge >= 0.3 is 0 Å². The van der Waals surface area contributed by atoms with Crippen LogP contribution in [0.25, 0.3) is 22.6 Å². The molecule has 1 N–H and O–H groups in total. The van der Waals surface area contributed by atoms with Crippen LogP contribution in [0.5, 0.6) is 11.5 Å². The first-order valence-corrected chi connectivity index (χ1v) is 7.44. The summed E-state index contributed by atoms with van der Waals surface area (Å²) in [6.45, 7) is 1.42. The van der Waals surface area contributed by atoms with Gasteiger partial charge in [-0.15, -0.1) is 0 Å². The average Bonchev–Trinajstić information content (AvgIpc) is 2.98. The number of nitrogens with zero attached hydrogens (tertiary/aromatic N) is 3. The van der Waals surface area contributed by atoms with Gasteiger partial charge in [0.25, 0.3) is 0 Å². The maximum absolute atomic E-state index is 5.94. The number of likely N-dealkylation sites (N-methyl/N-ethyl adjacent to an activating group) is 1. The van der Waals surface area contributed by atoms with Gasteiger partial charge in [0.1, 0.15) is 23.9 Å². The standard InChI is InChI=1S/C17H20N4O2/c1-21(2)9-10-23-15-11-12(22-3)6-7-13(15)16-19-14-5-4-8-18-17(14)20-16/h4-8,11H,9-10H2,1-3H3,(H,18,19,20). The van der Waals surface area contributed by atoms with Crippen molar-refractivity contribution in [3.63, 3.8) is 0 Å². The Bertz CT molecular complexity index is 765. The molecule has 3 aromatic rings. The van der Waals surface area contributed by atoms with Crippen LogP contribution in [0.3, 0.4) is 0 Å². The summed E-state index contributed by atoms with van der Waals surface area (Å²) in [5.41, 5.74) is 2.48. The first-order valence-electron chi connectivity index (χ1n) is 7.44. The third-order valence-corrected chi connectivity index (χ3v) is 3.50. The van der Waals surface area contributed by atoms with E-state index in [2.05, 4.69) is 19.9 Å². The number of ether oxygens (including phenoxy) is 2. The maximum atomic E-state index is 5.94. The molecule has 0 saturated heterocycles. The SMILES string of the molecule is COc1ccc(-c2nc3ncccc3[nH]2)c(OCCN(C)C)c1. The Hall–Kier alpha value is -2.60. The average molecular weight is 312 g/mol. The highest BCUT2D eigenvalue weighted by Gasteiger charge is 2.13. The predicted octanol–water partition coefficient (Wildman–Crippen LogP) is 2.57. The largest absolute Gasteiger partial charge is 0.497 e. The van der Waals surface area contributed by atoms with E-state index in [1.165, 1.54) is 0 Å². The molecule has 120 valence electrons. The third kappa shape index (κ3) is 3.43. The van der Waals surface area contributed by atoms with E-state index in [0.29, 0.717) is 12.3 Å². The second-order valence-electron chi connectivity index (χ2n) is 5.47. The molecule has 0 saturated carbocycles. The Morgan fingerprint density at radius 1 is 1.22 bits per heavy atom. The van der Waals surface area contributed by atoms with Gasteiger partial charge in [-0.3, -0.25) is 0 Å². The summed E-state index contributed by atoms with van der Waals surface area (Å²) >= 11 is 0. The van der Waals surface area contributed by atoms with Gasteiger partial charge in [-0.2, -0.15) is 0 Å². The Labute approximate surface area is 135 Å². The molecule has 6 nitrogen and oxygen atoms in total. The minimum Gasteiger partial charge on any atom is -0.497 e. The third-order valence-electron chi connectivity index (χ3n) is 3.50. The van der Waals surface area contributed by atoms with Crippen molar-refractivity contribution in [2.45, 2.75) is 0 Å². The lowest BCUT2D eigenvalue weighted by molar-refractivity contribution is 0.261. The number of hydrogen-bond acceptors (Lipinski definition) is 5. The fourth-order valence-electron chi connectivity index (χ4n) is 2.26. The van der Waals surface area contributed by atoms with Crippen LogP contribution in [0.1, 0.15) is 0 Å². The van der Waals surface area contributed by atoms with Gasteiger partial charge in [0.15, 0.2) is 5.65 Å². The first-order chi connectivity index (χ1) is 11.2. The summed E-state index contributed by atoms with van der Waals surface area (Å²) in [6.07, 6.45) is 1.73. The Balaban J connectivity index is 1.96. The van der Waals surface area contributed by atoms with Crippen LogP contribution in [0.4, 0.5) is 0 Å². The van der Waals surface area contributed by atoms with Crippen molar-refractivity contribution in [2.75, 3.05) is 34.4 Å². The van der Waals surface area contributed by atoms with Gasteiger partial charge in [0.05, 0.1) is 18.2 Å². The number of hydrogen-bond donors (Lipinski definition) is 1. The van der Waals surface area contributed by atoms with E-state index < -0.39 is 0 Å². The van der Waals surface area contributed by atoms with Crippen LogP contribution in [0.2, 0.25) is 0 Å².